The maximum atomic E-state index is 11.7. The first-order valence-corrected chi connectivity index (χ1v) is 7.54. The molecule has 104 valence electrons. The molecule has 2 rings (SSSR count). The Bertz CT molecular complexity index is 586. The molecule has 0 saturated carbocycles. The van der Waals surface area contributed by atoms with Gasteiger partial charge in [0.1, 0.15) is 5.82 Å². The van der Waals surface area contributed by atoms with Crippen LogP contribution in [0, 0.1) is 0 Å². The van der Waals surface area contributed by atoms with E-state index in [0.29, 0.717) is 24.3 Å². The minimum Gasteiger partial charge on any atom is -0.465 e. The van der Waals surface area contributed by atoms with Gasteiger partial charge in [0.25, 0.3) is 0 Å². The van der Waals surface area contributed by atoms with Gasteiger partial charge in [-0.1, -0.05) is 0 Å². The molecule has 0 aliphatic carbocycles. The summed E-state index contributed by atoms with van der Waals surface area (Å²) in [5, 5.41) is 0. The zero-order valence-corrected chi connectivity index (χ0v) is 11.3. The van der Waals surface area contributed by atoms with Crippen LogP contribution in [0.4, 0.5) is 11.5 Å². The number of rotatable bonds is 2. The largest absolute Gasteiger partial charge is 0.465 e. The fraction of sp³-hybridized carbons (Fsp3) is 0.455. The van der Waals surface area contributed by atoms with Crippen molar-refractivity contribution < 1.29 is 17.9 Å². The lowest BCUT2D eigenvalue weighted by Crippen LogP contribution is -2.41. The molecule has 0 unspecified atom stereocenters. The third-order valence-corrected chi connectivity index (χ3v) is 4.60. The molecule has 19 heavy (non-hydrogen) atoms. The average molecular weight is 285 g/mol. The van der Waals surface area contributed by atoms with E-state index in [4.69, 9.17) is 10.5 Å². The SMILES string of the molecule is COC(=O)c1cc(N)ncc1N1CCS(=O)(=O)CC1. The standard InChI is InChI=1S/C11H15N3O4S/c1-18-11(15)8-6-10(12)13-7-9(8)14-2-4-19(16,17)5-3-14/h6-7H,2-5H2,1H3,(H2,12,13). The Morgan fingerprint density at radius 2 is 2.05 bits per heavy atom. The molecule has 0 radical (unpaired) electrons. The molecule has 1 aromatic rings. The second kappa shape index (κ2) is 5.04. The van der Waals surface area contributed by atoms with E-state index in [1.54, 1.807) is 4.90 Å². The average Bonchev–Trinajstić information content (AvgIpc) is 2.38. The van der Waals surface area contributed by atoms with Crippen LogP contribution < -0.4 is 10.6 Å². The molecule has 1 aliphatic rings. The molecule has 7 nitrogen and oxygen atoms in total. The zero-order valence-electron chi connectivity index (χ0n) is 10.5. The highest BCUT2D eigenvalue weighted by Gasteiger charge is 2.25. The van der Waals surface area contributed by atoms with Crippen LogP contribution in [0.2, 0.25) is 0 Å². The summed E-state index contributed by atoms with van der Waals surface area (Å²) in [5.74, 6) is -0.165. The van der Waals surface area contributed by atoms with Gasteiger partial charge in [-0.3, -0.25) is 0 Å². The first kappa shape index (κ1) is 13.6. The van der Waals surface area contributed by atoms with E-state index >= 15 is 0 Å². The third kappa shape index (κ3) is 2.95. The highest BCUT2D eigenvalue weighted by molar-refractivity contribution is 7.91. The van der Waals surface area contributed by atoms with Gasteiger partial charge in [-0.2, -0.15) is 0 Å². The lowest BCUT2D eigenvalue weighted by Gasteiger charge is -2.29. The van der Waals surface area contributed by atoms with Gasteiger partial charge < -0.3 is 15.4 Å². The number of carbonyl (C=O) groups is 1. The number of nitrogen functional groups attached to an aromatic ring is 1. The number of hydrogen-bond acceptors (Lipinski definition) is 7. The van der Waals surface area contributed by atoms with Crippen molar-refractivity contribution in [3.05, 3.63) is 17.8 Å². The van der Waals surface area contributed by atoms with Crippen LogP contribution >= 0.6 is 0 Å². The van der Waals surface area contributed by atoms with Crippen LogP contribution in [0.1, 0.15) is 10.4 Å². The minimum absolute atomic E-state index is 0.0674. The van der Waals surface area contributed by atoms with E-state index in [0.717, 1.165) is 0 Å². The quantitative estimate of drug-likeness (QED) is 0.743. The highest BCUT2D eigenvalue weighted by Crippen LogP contribution is 2.23. The van der Waals surface area contributed by atoms with Crippen LogP contribution in [0.25, 0.3) is 0 Å². The van der Waals surface area contributed by atoms with Crippen molar-refractivity contribution >= 4 is 27.3 Å². The molecule has 1 aliphatic heterocycles. The molecule has 8 heteroatoms. The number of nitrogens with zero attached hydrogens (tertiary/aromatic N) is 2. The summed E-state index contributed by atoms with van der Waals surface area (Å²) in [6.07, 6.45) is 1.47. The maximum absolute atomic E-state index is 11.7. The van der Waals surface area contributed by atoms with Crippen LogP contribution in [0.5, 0.6) is 0 Å². The van der Waals surface area contributed by atoms with E-state index in [9.17, 15) is 13.2 Å². The lowest BCUT2D eigenvalue weighted by atomic mass is 10.2. The summed E-state index contributed by atoms with van der Waals surface area (Å²) in [6.45, 7) is 0.663. The van der Waals surface area contributed by atoms with Gasteiger partial charge in [-0.15, -0.1) is 0 Å². The minimum atomic E-state index is -2.97. The van der Waals surface area contributed by atoms with Crippen LogP contribution in [-0.2, 0) is 14.6 Å². The number of nitrogens with two attached hydrogens (primary N) is 1. The van der Waals surface area contributed by atoms with Crippen LogP contribution in [0.3, 0.4) is 0 Å². The van der Waals surface area contributed by atoms with E-state index < -0.39 is 15.8 Å². The van der Waals surface area contributed by atoms with E-state index in [-0.39, 0.29) is 17.3 Å². The lowest BCUT2D eigenvalue weighted by molar-refractivity contribution is 0.0601. The van der Waals surface area contributed by atoms with E-state index in [1.165, 1.54) is 19.4 Å². The van der Waals surface area contributed by atoms with Crippen molar-refractivity contribution in [3.8, 4) is 0 Å². The number of esters is 1. The Morgan fingerprint density at radius 3 is 2.63 bits per heavy atom. The van der Waals surface area contributed by atoms with Gasteiger partial charge in [0.2, 0.25) is 0 Å². The fourth-order valence-corrected chi connectivity index (χ4v) is 3.14. The molecule has 1 saturated heterocycles. The number of sulfone groups is 1. The van der Waals surface area contributed by atoms with Gasteiger partial charge >= 0.3 is 5.97 Å². The number of pyridine rings is 1. The summed E-state index contributed by atoms with van der Waals surface area (Å²) >= 11 is 0. The van der Waals surface area contributed by atoms with Crippen molar-refractivity contribution in [2.45, 2.75) is 0 Å². The van der Waals surface area contributed by atoms with Gasteiger partial charge in [-0.05, 0) is 6.07 Å². The molecular weight excluding hydrogens is 270 g/mol. The van der Waals surface area contributed by atoms with Crippen LogP contribution in [0.15, 0.2) is 12.3 Å². The number of anilines is 2. The second-order valence-corrected chi connectivity index (χ2v) is 6.56. The molecule has 0 aromatic carbocycles. The first-order chi connectivity index (χ1) is 8.93. The third-order valence-electron chi connectivity index (χ3n) is 2.99. The van der Waals surface area contributed by atoms with Crippen LogP contribution in [-0.4, -0.2) is 51.1 Å². The second-order valence-electron chi connectivity index (χ2n) is 4.26. The van der Waals surface area contributed by atoms with Gasteiger partial charge in [0.15, 0.2) is 9.84 Å². The Morgan fingerprint density at radius 1 is 1.42 bits per heavy atom. The Labute approximate surface area is 111 Å². The summed E-state index contributed by atoms with van der Waals surface area (Å²) in [5.41, 5.74) is 6.41. The normalized spacial score (nSPS) is 18.1. The predicted octanol–water partition coefficient (Wildman–Crippen LogP) is -0.315. The molecule has 1 fully saturated rings. The molecule has 2 heterocycles. The molecule has 1 aromatic heterocycles. The number of methoxy groups -OCH3 is 1. The van der Waals surface area contributed by atoms with Gasteiger partial charge in [0, 0.05) is 13.1 Å². The molecule has 0 atom stereocenters. The molecule has 0 spiro atoms. The van der Waals surface area contributed by atoms with Crippen molar-refractivity contribution in [2.75, 3.05) is 42.3 Å². The Balaban J connectivity index is 2.32. The number of ether oxygens (including phenoxy) is 1. The molecule has 2 N–H and O–H groups in total. The van der Waals surface area contributed by atoms with Gasteiger partial charge in [-0.25, -0.2) is 18.2 Å². The van der Waals surface area contributed by atoms with E-state index in [1.807, 2.05) is 0 Å². The summed E-state index contributed by atoms with van der Waals surface area (Å²) in [7, 11) is -1.69. The summed E-state index contributed by atoms with van der Waals surface area (Å²) < 4.78 is 27.5. The van der Waals surface area contributed by atoms with Crippen molar-refractivity contribution in [3.63, 3.8) is 0 Å². The molecule has 0 bridgehead atoms. The Kier molecular flexibility index (Phi) is 3.61. The smallest absolute Gasteiger partial charge is 0.340 e. The van der Waals surface area contributed by atoms with Crippen molar-refractivity contribution in [1.29, 1.82) is 0 Å². The van der Waals surface area contributed by atoms with E-state index in [2.05, 4.69) is 4.98 Å². The monoisotopic (exact) mass is 285 g/mol. The molecule has 0 amide bonds. The first-order valence-electron chi connectivity index (χ1n) is 5.72. The molecular formula is C11H15N3O4S. The zero-order chi connectivity index (χ0) is 14.0. The topological polar surface area (TPSA) is 103 Å². The summed E-state index contributed by atoms with van der Waals surface area (Å²) in [6, 6.07) is 1.43. The summed E-state index contributed by atoms with van der Waals surface area (Å²) in [4.78, 5) is 17.5. The van der Waals surface area contributed by atoms with Gasteiger partial charge in [0.05, 0.1) is 36.1 Å². The number of hydrogen-bond donors (Lipinski definition) is 1. The highest BCUT2D eigenvalue weighted by atomic mass is 32.2. The van der Waals surface area contributed by atoms with Crippen molar-refractivity contribution in [2.24, 2.45) is 0 Å². The predicted molar refractivity (Wildman–Crippen MR) is 70.9 cm³/mol. The Hall–Kier alpha value is -1.83. The fourth-order valence-electron chi connectivity index (χ4n) is 1.94. The number of aromatic nitrogens is 1. The number of carbonyl (C=O) groups excluding carboxylic acids is 1. The van der Waals surface area contributed by atoms with Crippen molar-refractivity contribution in [1.82, 2.24) is 4.98 Å². The maximum Gasteiger partial charge on any atom is 0.340 e.